The number of nitrogen functional groups attached to an aromatic ring is 1. The molecule has 0 aromatic heterocycles. The number of carbonyl (C=O) groups excluding carboxylic acids is 1. The number of hydrogen-bond donors (Lipinski definition) is 2. The number of amides is 1. The van der Waals surface area contributed by atoms with Gasteiger partial charge in [0.05, 0.1) is 6.61 Å². The van der Waals surface area contributed by atoms with Crippen molar-refractivity contribution in [2.24, 2.45) is 0 Å². The molecule has 2 aromatic carbocycles. The van der Waals surface area contributed by atoms with Crippen LogP contribution in [0.3, 0.4) is 0 Å². The summed E-state index contributed by atoms with van der Waals surface area (Å²) in [4.78, 5) is 11.8. The van der Waals surface area contributed by atoms with Crippen molar-refractivity contribution >= 4 is 17.3 Å². The lowest BCUT2D eigenvalue weighted by Gasteiger charge is -2.09. The molecular formula is C16H18N2O3. The number of carbonyl (C=O) groups is 1. The van der Waals surface area contributed by atoms with Crippen LogP contribution in [-0.4, -0.2) is 19.1 Å². The predicted octanol–water partition coefficient (Wildman–Crippen LogP) is 2.69. The maximum atomic E-state index is 11.8. The van der Waals surface area contributed by atoms with Gasteiger partial charge >= 0.3 is 0 Å². The molecule has 0 heterocycles. The van der Waals surface area contributed by atoms with E-state index in [0.717, 1.165) is 5.75 Å². The molecule has 0 atom stereocenters. The van der Waals surface area contributed by atoms with Gasteiger partial charge in [0.1, 0.15) is 11.5 Å². The van der Waals surface area contributed by atoms with Crippen molar-refractivity contribution in [2.75, 3.05) is 24.3 Å². The standard InChI is InChI=1S/C16H18N2O3/c1-2-20-14-6-8-15(9-7-14)21-11-16(19)18-13-5-3-4-12(17)10-13/h3-10H,2,11,17H2,1H3,(H,18,19). The summed E-state index contributed by atoms with van der Waals surface area (Å²) in [5, 5.41) is 2.72. The lowest BCUT2D eigenvalue weighted by atomic mass is 10.3. The molecule has 2 rings (SSSR count). The van der Waals surface area contributed by atoms with Crippen LogP contribution in [0.2, 0.25) is 0 Å². The van der Waals surface area contributed by atoms with Crippen LogP contribution in [0.4, 0.5) is 11.4 Å². The van der Waals surface area contributed by atoms with Gasteiger partial charge in [-0.15, -0.1) is 0 Å². The van der Waals surface area contributed by atoms with E-state index in [2.05, 4.69) is 5.32 Å². The highest BCUT2D eigenvalue weighted by Crippen LogP contribution is 2.17. The van der Waals surface area contributed by atoms with Crippen LogP contribution in [0.15, 0.2) is 48.5 Å². The Balaban J connectivity index is 1.83. The van der Waals surface area contributed by atoms with Crippen LogP contribution in [0.25, 0.3) is 0 Å². The van der Waals surface area contributed by atoms with Crippen molar-refractivity contribution in [1.29, 1.82) is 0 Å². The molecule has 0 aliphatic heterocycles. The van der Waals surface area contributed by atoms with E-state index in [1.165, 1.54) is 0 Å². The Labute approximate surface area is 123 Å². The van der Waals surface area contributed by atoms with Gasteiger partial charge in [0.2, 0.25) is 0 Å². The Kier molecular flexibility index (Phi) is 5.04. The zero-order valence-corrected chi connectivity index (χ0v) is 11.8. The molecule has 1 amide bonds. The van der Waals surface area contributed by atoms with E-state index >= 15 is 0 Å². The van der Waals surface area contributed by atoms with Crippen molar-refractivity contribution in [3.8, 4) is 11.5 Å². The first-order chi connectivity index (χ1) is 10.2. The van der Waals surface area contributed by atoms with Gasteiger partial charge in [-0.3, -0.25) is 4.79 Å². The predicted molar refractivity (Wildman–Crippen MR) is 82.6 cm³/mol. The molecule has 0 saturated heterocycles. The summed E-state index contributed by atoms with van der Waals surface area (Å²) < 4.78 is 10.7. The molecule has 0 aliphatic carbocycles. The summed E-state index contributed by atoms with van der Waals surface area (Å²) in [6, 6.07) is 14.1. The minimum atomic E-state index is -0.241. The molecule has 5 nitrogen and oxygen atoms in total. The van der Waals surface area contributed by atoms with Gasteiger partial charge in [0, 0.05) is 11.4 Å². The Hall–Kier alpha value is -2.69. The van der Waals surface area contributed by atoms with E-state index < -0.39 is 0 Å². The first kappa shape index (κ1) is 14.7. The van der Waals surface area contributed by atoms with Crippen LogP contribution in [0, 0.1) is 0 Å². The quantitative estimate of drug-likeness (QED) is 0.801. The first-order valence-electron chi connectivity index (χ1n) is 6.68. The van der Waals surface area contributed by atoms with E-state index in [1.54, 1.807) is 48.5 Å². The normalized spacial score (nSPS) is 9.95. The number of nitrogens with one attached hydrogen (secondary N) is 1. The summed E-state index contributed by atoms with van der Waals surface area (Å²) in [6.45, 7) is 2.47. The molecule has 0 fully saturated rings. The second kappa shape index (κ2) is 7.19. The van der Waals surface area contributed by atoms with Crippen LogP contribution in [0.5, 0.6) is 11.5 Å². The highest BCUT2D eigenvalue weighted by Gasteiger charge is 2.04. The zero-order valence-electron chi connectivity index (χ0n) is 11.8. The van der Waals surface area contributed by atoms with Gasteiger partial charge in [-0.2, -0.15) is 0 Å². The van der Waals surface area contributed by atoms with E-state index in [0.29, 0.717) is 23.7 Å². The van der Waals surface area contributed by atoms with Gasteiger partial charge in [0.15, 0.2) is 6.61 Å². The van der Waals surface area contributed by atoms with Crippen LogP contribution < -0.4 is 20.5 Å². The number of rotatable bonds is 6. The topological polar surface area (TPSA) is 73.6 Å². The molecule has 0 aliphatic rings. The average molecular weight is 286 g/mol. The fourth-order valence-electron chi connectivity index (χ4n) is 1.76. The van der Waals surface area contributed by atoms with Gasteiger partial charge in [-0.1, -0.05) is 6.07 Å². The second-order valence-corrected chi connectivity index (χ2v) is 4.37. The molecular weight excluding hydrogens is 268 g/mol. The van der Waals surface area contributed by atoms with Crippen molar-refractivity contribution in [2.45, 2.75) is 6.92 Å². The Morgan fingerprint density at radius 2 is 1.76 bits per heavy atom. The number of anilines is 2. The number of hydrogen-bond acceptors (Lipinski definition) is 4. The molecule has 0 unspecified atom stereocenters. The third-order valence-electron chi connectivity index (χ3n) is 2.68. The number of nitrogens with two attached hydrogens (primary N) is 1. The van der Waals surface area contributed by atoms with Gasteiger partial charge in [-0.25, -0.2) is 0 Å². The Morgan fingerprint density at radius 1 is 1.10 bits per heavy atom. The molecule has 0 spiro atoms. The summed E-state index contributed by atoms with van der Waals surface area (Å²) >= 11 is 0. The average Bonchev–Trinajstić information content (AvgIpc) is 2.47. The Bertz CT molecular complexity index is 597. The van der Waals surface area contributed by atoms with Crippen LogP contribution in [-0.2, 0) is 4.79 Å². The first-order valence-corrected chi connectivity index (χ1v) is 6.68. The number of benzene rings is 2. The van der Waals surface area contributed by atoms with E-state index in [-0.39, 0.29) is 12.5 Å². The SMILES string of the molecule is CCOc1ccc(OCC(=O)Nc2cccc(N)c2)cc1. The minimum Gasteiger partial charge on any atom is -0.494 e. The second-order valence-electron chi connectivity index (χ2n) is 4.37. The third-order valence-corrected chi connectivity index (χ3v) is 2.68. The fourth-order valence-corrected chi connectivity index (χ4v) is 1.76. The van der Waals surface area contributed by atoms with E-state index in [1.807, 2.05) is 6.92 Å². The Morgan fingerprint density at radius 3 is 2.38 bits per heavy atom. The monoisotopic (exact) mass is 286 g/mol. The van der Waals surface area contributed by atoms with Crippen molar-refractivity contribution in [1.82, 2.24) is 0 Å². The van der Waals surface area contributed by atoms with E-state index in [4.69, 9.17) is 15.2 Å². The molecule has 0 bridgehead atoms. The molecule has 5 heteroatoms. The largest absolute Gasteiger partial charge is 0.494 e. The molecule has 2 aromatic rings. The highest BCUT2D eigenvalue weighted by atomic mass is 16.5. The maximum Gasteiger partial charge on any atom is 0.262 e. The van der Waals surface area contributed by atoms with Gasteiger partial charge in [-0.05, 0) is 49.4 Å². The molecule has 110 valence electrons. The summed E-state index contributed by atoms with van der Waals surface area (Å²) in [7, 11) is 0. The highest BCUT2D eigenvalue weighted by molar-refractivity contribution is 5.92. The summed E-state index contributed by atoms with van der Waals surface area (Å²) in [5.74, 6) is 1.14. The number of ether oxygens (including phenoxy) is 2. The lowest BCUT2D eigenvalue weighted by Crippen LogP contribution is -2.20. The molecule has 21 heavy (non-hydrogen) atoms. The van der Waals surface area contributed by atoms with Crippen LogP contribution in [0.1, 0.15) is 6.92 Å². The molecule has 3 N–H and O–H groups in total. The van der Waals surface area contributed by atoms with Crippen molar-refractivity contribution < 1.29 is 14.3 Å². The molecule has 0 radical (unpaired) electrons. The van der Waals surface area contributed by atoms with Gasteiger partial charge in [0.25, 0.3) is 5.91 Å². The third kappa shape index (κ3) is 4.72. The van der Waals surface area contributed by atoms with Gasteiger partial charge < -0.3 is 20.5 Å². The molecule has 0 saturated carbocycles. The maximum absolute atomic E-state index is 11.8. The summed E-state index contributed by atoms with van der Waals surface area (Å²) in [6.07, 6.45) is 0. The fraction of sp³-hybridized carbons (Fsp3) is 0.188. The zero-order chi connectivity index (χ0) is 15.1. The van der Waals surface area contributed by atoms with Crippen LogP contribution >= 0.6 is 0 Å². The smallest absolute Gasteiger partial charge is 0.262 e. The lowest BCUT2D eigenvalue weighted by molar-refractivity contribution is -0.118. The minimum absolute atomic E-state index is 0.0667. The van der Waals surface area contributed by atoms with Crippen molar-refractivity contribution in [3.05, 3.63) is 48.5 Å². The summed E-state index contributed by atoms with van der Waals surface area (Å²) in [5.41, 5.74) is 6.89. The van der Waals surface area contributed by atoms with Crippen molar-refractivity contribution in [3.63, 3.8) is 0 Å². The van der Waals surface area contributed by atoms with E-state index in [9.17, 15) is 4.79 Å².